The van der Waals surface area contributed by atoms with Crippen LogP contribution in [0.4, 0.5) is 10.5 Å². The number of nitrogens with zero attached hydrogens (tertiary/aromatic N) is 1. The minimum Gasteiger partial charge on any atom is -0.481 e. The Morgan fingerprint density at radius 1 is 0.824 bits per heavy atom. The first-order chi connectivity index (χ1) is 24.0. The van der Waals surface area contributed by atoms with Gasteiger partial charge in [0.15, 0.2) is 0 Å². The van der Waals surface area contributed by atoms with Crippen LogP contribution in [0.1, 0.15) is 64.9 Å². The van der Waals surface area contributed by atoms with Crippen LogP contribution in [-0.2, 0) is 49.7 Å². The number of hydrogen-bond acceptors (Lipinski definition) is 10. The van der Waals surface area contributed by atoms with E-state index < -0.39 is 78.0 Å². The number of carboxylic acids is 1. The van der Waals surface area contributed by atoms with Gasteiger partial charge < -0.3 is 42.2 Å². The van der Waals surface area contributed by atoms with Crippen LogP contribution in [0.5, 0.6) is 0 Å². The third-order valence-corrected chi connectivity index (χ3v) is 7.37. The number of carbonyl (C=O) groups is 9. The van der Waals surface area contributed by atoms with Crippen LogP contribution in [0.2, 0.25) is 0 Å². The van der Waals surface area contributed by atoms with Crippen molar-refractivity contribution in [3.8, 4) is 0 Å². The lowest BCUT2D eigenvalue weighted by Gasteiger charge is -2.26. The van der Waals surface area contributed by atoms with Crippen LogP contribution < -0.4 is 32.3 Å². The second-order valence-electron chi connectivity index (χ2n) is 12.1. The molecule has 8 N–H and O–H groups in total. The van der Waals surface area contributed by atoms with E-state index in [0.717, 1.165) is 17.1 Å². The molecule has 0 bridgehead atoms. The Morgan fingerprint density at radius 3 is 1.98 bits per heavy atom. The zero-order valence-corrected chi connectivity index (χ0v) is 28.7. The Hall–Kier alpha value is -5.81. The van der Waals surface area contributed by atoms with Gasteiger partial charge in [-0.1, -0.05) is 26.0 Å². The van der Waals surface area contributed by atoms with E-state index in [2.05, 4.69) is 26.6 Å². The van der Waals surface area contributed by atoms with Gasteiger partial charge >= 0.3 is 18.0 Å². The predicted octanol–water partition coefficient (Wildman–Crippen LogP) is -0.183. The number of anilines is 1. The van der Waals surface area contributed by atoms with Gasteiger partial charge in [-0.2, -0.15) is 0 Å². The second kappa shape index (κ2) is 20.6. The van der Waals surface area contributed by atoms with E-state index >= 15 is 0 Å². The summed E-state index contributed by atoms with van der Waals surface area (Å²) >= 11 is 0. The Balaban J connectivity index is 2.18. The molecule has 1 heterocycles. The molecule has 3 atom stereocenters. The van der Waals surface area contributed by atoms with Crippen molar-refractivity contribution in [3.63, 3.8) is 0 Å². The molecule has 0 saturated carbocycles. The van der Waals surface area contributed by atoms with Crippen molar-refractivity contribution in [1.82, 2.24) is 26.2 Å². The number of carboxylic acid groups (broad SMARTS) is 1. The predicted molar refractivity (Wildman–Crippen MR) is 180 cm³/mol. The Bertz CT molecular complexity index is 1480. The fraction of sp³-hybridized carbons (Fsp3) is 0.485. The molecule has 0 aromatic heterocycles. The standard InChI is InChI=1S/C33H45N7O11/c1-19(2)17-25(39-31(48)24(10-13-29(45)46)37-26(42)14-16-40-27(43)11-12-28(40)44)32(49)38-23(5-4-15-35-33(34)50)30(47)36-22-8-6-21(7-9-22)18-51-20(3)41/h6-9,11-12,19,23-25H,4-5,10,13-18H2,1-3H3,(H,36,47)(H,37,42)(H,38,49)(H,39,48)(H,45,46)(H3,34,35,50)/t23-,24-,25-/m0/s1. The molecule has 8 amide bonds. The van der Waals surface area contributed by atoms with Crippen LogP contribution in [0.3, 0.4) is 0 Å². The number of nitrogens with two attached hydrogens (primary N) is 1. The van der Waals surface area contributed by atoms with Crippen molar-refractivity contribution in [3.05, 3.63) is 42.0 Å². The number of nitrogens with one attached hydrogen (secondary N) is 5. The van der Waals surface area contributed by atoms with Crippen molar-refractivity contribution in [2.75, 3.05) is 18.4 Å². The number of benzene rings is 1. The third kappa shape index (κ3) is 15.5. The van der Waals surface area contributed by atoms with E-state index in [-0.39, 0.29) is 57.7 Å². The summed E-state index contributed by atoms with van der Waals surface area (Å²) in [6, 6.07) is 1.92. The lowest BCUT2D eigenvalue weighted by molar-refractivity contribution is -0.142. The maximum Gasteiger partial charge on any atom is 0.312 e. The zero-order valence-electron chi connectivity index (χ0n) is 28.7. The van der Waals surface area contributed by atoms with E-state index in [1.807, 2.05) is 0 Å². The highest BCUT2D eigenvalue weighted by molar-refractivity contribution is 6.13. The van der Waals surface area contributed by atoms with Gasteiger partial charge in [0.25, 0.3) is 11.8 Å². The Morgan fingerprint density at radius 2 is 1.41 bits per heavy atom. The van der Waals surface area contributed by atoms with Crippen LogP contribution in [0, 0.1) is 5.92 Å². The van der Waals surface area contributed by atoms with Crippen LogP contribution >= 0.6 is 0 Å². The quantitative estimate of drug-likeness (QED) is 0.0498. The SMILES string of the molecule is CC(=O)OCc1ccc(NC(=O)[C@H](CCCNC(N)=O)NC(=O)[C@H](CC(C)C)NC(=O)[C@H](CCC(=O)O)NC(=O)CCN2C(=O)C=CC2=O)cc1. The molecule has 0 fully saturated rings. The molecule has 51 heavy (non-hydrogen) atoms. The summed E-state index contributed by atoms with van der Waals surface area (Å²) in [5, 5.41) is 22.0. The Labute approximate surface area is 294 Å². The highest BCUT2D eigenvalue weighted by Crippen LogP contribution is 2.13. The van der Waals surface area contributed by atoms with E-state index in [9.17, 15) is 48.3 Å². The number of imide groups is 1. The van der Waals surface area contributed by atoms with Gasteiger partial charge in [-0.05, 0) is 49.3 Å². The van der Waals surface area contributed by atoms with Gasteiger partial charge in [-0.25, -0.2) is 4.79 Å². The first kappa shape index (κ1) is 41.4. The number of hydrogen-bond donors (Lipinski definition) is 7. The molecule has 0 saturated heterocycles. The number of urea groups is 1. The van der Waals surface area contributed by atoms with Crippen molar-refractivity contribution < 1.29 is 53.0 Å². The molecule has 0 aliphatic carbocycles. The minimum atomic E-state index is -1.39. The molecular formula is C33H45N7O11. The molecule has 2 rings (SSSR count). The number of primary amides is 1. The molecule has 18 heteroatoms. The maximum absolute atomic E-state index is 13.6. The van der Waals surface area contributed by atoms with Crippen molar-refractivity contribution >= 4 is 59.1 Å². The van der Waals surface area contributed by atoms with Crippen LogP contribution in [-0.4, -0.2) is 94.6 Å². The van der Waals surface area contributed by atoms with Crippen LogP contribution in [0.15, 0.2) is 36.4 Å². The summed E-state index contributed by atoms with van der Waals surface area (Å²) in [6.07, 6.45) is 1.32. The average Bonchev–Trinajstić information content (AvgIpc) is 3.38. The van der Waals surface area contributed by atoms with Gasteiger partial charge in [0.05, 0.1) is 0 Å². The summed E-state index contributed by atoms with van der Waals surface area (Å²) in [5.74, 6) is -5.97. The summed E-state index contributed by atoms with van der Waals surface area (Å²) < 4.78 is 4.96. The van der Waals surface area contributed by atoms with Crippen LogP contribution in [0.25, 0.3) is 0 Å². The van der Waals surface area contributed by atoms with Crippen molar-refractivity contribution in [2.24, 2.45) is 11.7 Å². The van der Waals surface area contributed by atoms with Gasteiger partial charge in [0, 0.05) is 50.7 Å². The number of aliphatic carboxylic acids is 1. The fourth-order valence-corrected chi connectivity index (χ4v) is 4.80. The molecule has 0 radical (unpaired) electrons. The molecule has 0 unspecified atom stereocenters. The number of carbonyl (C=O) groups excluding carboxylic acids is 8. The lowest BCUT2D eigenvalue weighted by atomic mass is 10.0. The normalized spacial score (nSPS) is 13.9. The maximum atomic E-state index is 13.6. The third-order valence-electron chi connectivity index (χ3n) is 7.37. The van der Waals surface area contributed by atoms with Gasteiger partial charge in [0.2, 0.25) is 23.6 Å². The molecular weight excluding hydrogens is 670 g/mol. The second-order valence-corrected chi connectivity index (χ2v) is 12.1. The van der Waals surface area contributed by atoms with Gasteiger partial charge in [-0.15, -0.1) is 0 Å². The Kier molecular flexibility index (Phi) is 16.7. The summed E-state index contributed by atoms with van der Waals surface area (Å²) in [5.41, 5.74) is 6.17. The smallest absolute Gasteiger partial charge is 0.312 e. The topological polar surface area (TPSA) is 272 Å². The number of rotatable bonds is 21. The van der Waals surface area contributed by atoms with E-state index in [1.165, 1.54) is 6.92 Å². The molecule has 0 spiro atoms. The van der Waals surface area contributed by atoms with E-state index in [4.69, 9.17) is 10.5 Å². The minimum absolute atomic E-state index is 0.0389. The molecule has 278 valence electrons. The molecule has 1 aromatic carbocycles. The molecule has 1 aromatic rings. The average molecular weight is 716 g/mol. The number of esters is 1. The summed E-state index contributed by atoms with van der Waals surface area (Å²) in [6.45, 7) is 4.73. The lowest BCUT2D eigenvalue weighted by Crippen LogP contribution is -2.56. The fourth-order valence-electron chi connectivity index (χ4n) is 4.80. The van der Waals surface area contributed by atoms with Gasteiger partial charge in [-0.3, -0.25) is 43.3 Å². The van der Waals surface area contributed by atoms with E-state index in [0.29, 0.717) is 11.3 Å². The largest absolute Gasteiger partial charge is 0.481 e. The molecule has 18 nitrogen and oxygen atoms in total. The number of amides is 8. The molecule has 1 aliphatic rings. The highest BCUT2D eigenvalue weighted by Gasteiger charge is 2.31. The molecule has 1 aliphatic heterocycles. The van der Waals surface area contributed by atoms with Gasteiger partial charge in [0.1, 0.15) is 24.7 Å². The summed E-state index contributed by atoms with van der Waals surface area (Å²) in [7, 11) is 0. The highest BCUT2D eigenvalue weighted by atomic mass is 16.5. The van der Waals surface area contributed by atoms with Crippen molar-refractivity contribution in [2.45, 2.75) is 84.0 Å². The summed E-state index contributed by atoms with van der Waals surface area (Å²) in [4.78, 5) is 111. The van der Waals surface area contributed by atoms with Crippen molar-refractivity contribution in [1.29, 1.82) is 0 Å². The van der Waals surface area contributed by atoms with E-state index in [1.54, 1.807) is 38.1 Å². The number of ether oxygens (including phenoxy) is 1. The first-order valence-corrected chi connectivity index (χ1v) is 16.3. The first-order valence-electron chi connectivity index (χ1n) is 16.3. The zero-order chi connectivity index (χ0) is 38.1. The monoisotopic (exact) mass is 715 g/mol.